The van der Waals surface area contributed by atoms with Gasteiger partial charge in [-0.05, 0) is 18.6 Å². The Morgan fingerprint density at radius 2 is 1.97 bits per heavy atom. The first kappa shape index (κ1) is 19.9. The Morgan fingerprint density at radius 1 is 1.21 bits per heavy atom. The van der Waals surface area contributed by atoms with Gasteiger partial charge in [-0.3, -0.25) is 9.36 Å². The number of ether oxygens (including phenoxy) is 2. The van der Waals surface area contributed by atoms with Crippen molar-refractivity contribution in [2.75, 3.05) is 37.8 Å². The molecule has 0 saturated carbocycles. The van der Waals surface area contributed by atoms with Crippen molar-refractivity contribution in [3.05, 3.63) is 62.0 Å². The fraction of sp³-hybridized carbons (Fsp3) is 0.333. The number of hydrogen-bond donors (Lipinski definition) is 0. The highest BCUT2D eigenvalue weighted by Gasteiger charge is 2.22. The first-order valence-corrected chi connectivity index (χ1v) is 11.2. The molecule has 3 heterocycles. The number of nitrogens with zero attached hydrogens (tertiary/aromatic N) is 2. The number of morpholine rings is 1. The molecule has 4 rings (SSSR count). The monoisotopic (exact) mass is 430 g/mol. The zero-order valence-corrected chi connectivity index (χ0v) is 17.8. The summed E-state index contributed by atoms with van der Waals surface area (Å²) in [7, 11) is 0. The van der Waals surface area contributed by atoms with Crippen LogP contribution in [0.1, 0.15) is 15.4 Å². The minimum absolute atomic E-state index is 0.0318. The molecule has 0 spiro atoms. The molecule has 0 bridgehead atoms. The predicted molar refractivity (Wildman–Crippen MR) is 116 cm³/mol. The maximum Gasteiger partial charge on any atom is 0.348 e. The summed E-state index contributed by atoms with van der Waals surface area (Å²) in [5.74, 6) is -0.354. The van der Waals surface area contributed by atoms with Crippen molar-refractivity contribution in [3.63, 3.8) is 0 Å². The lowest BCUT2D eigenvalue weighted by Gasteiger charge is -2.28. The molecule has 6 nitrogen and oxygen atoms in total. The minimum atomic E-state index is -0.354. The van der Waals surface area contributed by atoms with Gasteiger partial charge in [-0.2, -0.15) is 0 Å². The van der Waals surface area contributed by atoms with Gasteiger partial charge in [-0.1, -0.05) is 41.7 Å². The molecule has 3 aromatic rings. The van der Waals surface area contributed by atoms with Crippen LogP contribution < -0.4 is 9.77 Å². The van der Waals surface area contributed by atoms with Gasteiger partial charge >= 0.3 is 10.8 Å². The molecular formula is C21H22N2O4S2. The highest BCUT2D eigenvalue weighted by molar-refractivity contribution is 7.18. The molecule has 152 valence electrons. The number of carbonyl (C=O) groups is 1. The van der Waals surface area contributed by atoms with Crippen LogP contribution in [0.3, 0.4) is 0 Å². The molecule has 0 N–H and O–H groups in total. The normalized spacial score (nSPS) is 14.2. The summed E-state index contributed by atoms with van der Waals surface area (Å²) in [6.45, 7) is 5.38. The third kappa shape index (κ3) is 4.44. The Bertz CT molecular complexity index is 1030. The van der Waals surface area contributed by atoms with Crippen molar-refractivity contribution in [2.24, 2.45) is 0 Å². The first-order valence-electron chi connectivity index (χ1n) is 9.47. The van der Waals surface area contributed by atoms with Crippen molar-refractivity contribution < 1.29 is 14.3 Å². The summed E-state index contributed by atoms with van der Waals surface area (Å²) in [6.07, 6.45) is 0. The van der Waals surface area contributed by atoms with Crippen LogP contribution >= 0.6 is 22.7 Å². The van der Waals surface area contributed by atoms with Crippen molar-refractivity contribution in [1.82, 2.24) is 4.57 Å². The number of aromatic nitrogens is 1. The van der Waals surface area contributed by atoms with E-state index in [-0.39, 0.29) is 17.4 Å². The Labute approximate surface area is 176 Å². The number of benzene rings is 1. The fourth-order valence-electron chi connectivity index (χ4n) is 3.28. The molecule has 29 heavy (non-hydrogen) atoms. The van der Waals surface area contributed by atoms with Crippen LogP contribution in [0.15, 0.2) is 46.6 Å². The lowest BCUT2D eigenvalue weighted by Crippen LogP contribution is -2.35. The van der Waals surface area contributed by atoms with Gasteiger partial charge in [-0.25, -0.2) is 4.79 Å². The maximum atomic E-state index is 12.7. The lowest BCUT2D eigenvalue weighted by atomic mass is 10.1. The standard InChI is InChI=1S/C21H22N2O4S2/c1-15-14-28-21(25)23(15)9-12-27-20(24)18-13-17(16-5-3-2-4-6-16)19(29-18)22-7-10-26-11-8-22/h2-6,13-14H,7-12H2,1H3. The number of thiazole rings is 1. The third-order valence-corrected chi connectivity index (χ3v) is 6.88. The molecule has 1 aliphatic rings. The zero-order chi connectivity index (χ0) is 20.2. The average molecular weight is 431 g/mol. The van der Waals surface area contributed by atoms with Crippen LogP contribution in [-0.4, -0.2) is 43.4 Å². The van der Waals surface area contributed by atoms with Gasteiger partial charge in [0.1, 0.15) is 11.5 Å². The number of aryl methyl sites for hydroxylation is 1. The van der Waals surface area contributed by atoms with Crippen LogP contribution in [0, 0.1) is 6.92 Å². The van der Waals surface area contributed by atoms with E-state index in [1.54, 1.807) is 4.57 Å². The van der Waals surface area contributed by atoms with E-state index in [4.69, 9.17) is 9.47 Å². The smallest absolute Gasteiger partial charge is 0.348 e. The van der Waals surface area contributed by atoms with E-state index < -0.39 is 0 Å². The largest absolute Gasteiger partial charge is 0.460 e. The molecule has 0 aliphatic carbocycles. The number of hydrogen-bond acceptors (Lipinski definition) is 7. The third-order valence-electron chi connectivity index (χ3n) is 4.82. The van der Waals surface area contributed by atoms with Gasteiger partial charge in [0.2, 0.25) is 0 Å². The fourth-order valence-corrected chi connectivity index (χ4v) is 5.17. The van der Waals surface area contributed by atoms with Gasteiger partial charge < -0.3 is 14.4 Å². The summed E-state index contributed by atoms with van der Waals surface area (Å²) in [5.41, 5.74) is 2.99. The Morgan fingerprint density at radius 3 is 2.66 bits per heavy atom. The second-order valence-corrected chi connectivity index (χ2v) is 8.58. The summed E-state index contributed by atoms with van der Waals surface area (Å²) < 4.78 is 12.6. The molecule has 1 aromatic carbocycles. The topological polar surface area (TPSA) is 60.8 Å². The SMILES string of the molecule is Cc1csc(=O)n1CCOC(=O)c1cc(-c2ccccc2)c(N2CCOCC2)s1. The zero-order valence-electron chi connectivity index (χ0n) is 16.1. The van der Waals surface area contributed by atoms with E-state index in [0.29, 0.717) is 24.6 Å². The van der Waals surface area contributed by atoms with Gasteiger partial charge in [-0.15, -0.1) is 11.3 Å². The van der Waals surface area contributed by atoms with E-state index in [9.17, 15) is 9.59 Å². The number of esters is 1. The molecule has 1 saturated heterocycles. The Balaban J connectivity index is 1.53. The summed E-state index contributed by atoms with van der Waals surface area (Å²) in [5, 5.41) is 2.88. The molecule has 1 fully saturated rings. The van der Waals surface area contributed by atoms with Crippen LogP contribution in [0.2, 0.25) is 0 Å². The van der Waals surface area contributed by atoms with Crippen LogP contribution in [0.25, 0.3) is 11.1 Å². The molecular weight excluding hydrogens is 408 g/mol. The van der Waals surface area contributed by atoms with E-state index in [2.05, 4.69) is 4.90 Å². The van der Waals surface area contributed by atoms with Crippen LogP contribution in [-0.2, 0) is 16.0 Å². The van der Waals surface area contributed by atoms with E-state index in [0.717, 1.165) is 46.2 Å². The minimum Gasteiger partial charge on any atom is -0.460 e. The van der Waals surface area contributed by atoms with Crippen molar-refractivity contribution in [2.45, 2.75) is 13.5 Å². The highest BCUT2D eigenvalue weighted by atomic mass is 32.1. The number of rotatable bonds is 6. The molecule has 0 atom stereocenters. The highest BCUT2D eigenvalue weighted by Crippen LogP contribution is 2.39. The van der Waals surface area contributed by atoms with Gasteiger partial charge in [0.15, 0.2) is 0 Å². The Hall–Kier alpha value is -2.42. The van der Waals surface area contributed by atoms with Crippen molar-refractivity contribution >= 4 is 33.6 Å². The predicted octanol–water partition coefficient (Wildman–Crippen LogP) is 3.64. The summed E-state index contributed by atoms with van der Waals surface area (Å²) in [6, 6.07) is 12.0. The van der Waals surface area contributed by atoms with E-state index in [1.807, 2.05) is 48.7 Å². The molecule has 1 aliphatic heterocycles. The van der Waals surface area contributed by atoms with E-state index in [1.165, 1.54) is 11.3 Å². The molecule has 0 radical (unpaired) electrons. The molecule has 0 unspecified atom stereocenters. The molecule has 0 amide bonds. The van der Waals surface area contributed by atoms with Crippen molar-refractivity contribution in [1.29, 1.82) is 0 Å². The van der Waals surface area contributed by atoms with Crippen LogP contribution in [0.5, 0.6) is 0 Å². The number of anilines is 1. The average Bonchev–Trinajstić information content (AvgIpc) is 3.34. The second-order valence-electron chi connectivity index (χ2n) is 6.73. The first-order chi connectivity index (χ1) is 14.1. The second kappa shape index (κ2) is 8.94. The van der Waals surface area contributed by atoms with Gasteiger partial charge in [0, 0.05) is 29.7 Å². The van der Waals surface area contributed by atoms with E-state index >= 15 is 0 Å². The Kier molecular flexibility index (Phi) is 6.13. The molecule has 8 heteroatoms. The number of carbonyl (C=O) groups excluding carboxylic acids is 1. The van der Waals surface area contributed by atoms with Gasteiger partial charge in [0.25, 0.3) is 0 Å². The maximum absolute atomic E-state index is 12.7. The van der Waals surface area contributed by atoms with Gasteiger partial charge in [0.05, 0.1) is 24.8 Å². The van der Waals surface area contributed by atoms with Crippen LogP contribution in [0.4, 0.5) is 5.00 Å². The summed E-state index contributed by atoms with van der Waals surface area (Å²) in [4.78, 5) is 27.3. The molecule has 2 aromatic heterocycles. The number of thiophene rings is 1. The summed E-state index contributed by atoms with van der Waals surface area (Å²) >= 11 is 2.61. The lowest BCUT2D eigenvalue weighted by molar-refractivity contribution is 0.0496. The quantitative estimate of drug-likeness (QED) is 0.559. The van der Waals surface area contributed by atoms with Crippen molar-refractivity contribution in [3.8, 4) is 11.1 Å².